The molecule has 3 aromatic rings. The molecule has 0 atom stereocenters. The highest BCUT2D eigenvalue weighted by Gasteiger charge is 2.15. The molecule has 2 aromatic heterocycles. The molecule has 0 radical (unpaired) electrons. The minimum Gasteiger partial charge on any atom is -0.497 e. The fraction of sp³-hybridized carbons (Fsp3) is 0.235. The van der Waals surface area contributed by atoms with Crippen LogP contribution in [0, 0.1) is 11.8 Å². The average Bonchev–Trinajstić information content (AvgIpc) is 2.93. The van der Waals surface area contributed by atoms with E-state index in [1.165, 1.54) is 11.6 Å². The Morgan fingerprint density at radius 1 is 1.04 bits per heavy atom. The van der Waals surface area contributed by atoms with Crippen molar-refractivity contribution in [3.63, 3.8) is 0 Å². The zero-order valence-electron chi connectivity index (χ0n) is 13.8. The predicted molar refractivity (Wildman–Crippen MR) is 90.2 cm³/mol. The van der Waals surface area contributed by atoms with Gasteiger partial charge in [0.15, 0.2) is 17.0 Å². The van der Waals surface area contributed by atoms with E-state index in [-0.39, 0.29) is 0 Å². The van der Waals surface area contributed by atoms with Gasteiger partial charge in [0.25, 0.3) is 5.56 Å². The van der Waals surface area contributed by atoms with Crippen molar-refractivity contribution in [2.75, 3.05) is 7.11 Å². The molecule has 0 saturated carbocycles. The molecule has 122 valence electrons. The fourth-order valence-corrected chi connectivity index (χ4v) is 2.46. The van der Waals surface area contributed by atoms with Crippen LogP contribution in [0.25, 0.3) is 11.2 Å². The van der Waals surface area contributed by atoms with Crippen LogP contribution in [-0.2, 0) is 21.1 Å². The van der Waals surface area contributed by atoms with Crippen molar-refractivity contribution in [1.82, 2.24) is 18.7 Å². The fourth-order valence-electron chi connectivity index (χ4n) is 2.46. The molecule has 0 unspecified atom stereocenters. The van der Waals surface area contributed by atoms with Crippen LogP contribution in [0.15, 0.2) is 33.9 Å². The van der Waals surface area contributed by atoms with Crippen LogP contribution >= 0.6 is 0 Å². The maximum atomic E-state index is 12.3. The van der Waals surface area contributed by atoms with Gasteiger partial charge in [-0.3, -0.25) is 13.9 Å². The molecule has 0 saturated heterocycles. The van der Waals surface area contributed by atoms with E-state index >= 15 is 0 Å². The van der Waals surface area contributed by atoms with Crippen LogP contribution < -0.4 is 16.0 Å². The van der Waals surface area contributed by atoms with Crippen molar-refractivity contribution in [1.29, 1.82) is 0 Å². The molecule has 7 nitrogen and oxygen atoms in total. The lowest BCUT2D eigenvalue weighted by molar-refractivity contribution is 0.414. The van der Waals surface area contributed by atoms with Crippen molar-refractivity contribution in [2.45, 2.75) is 0 Å². The summed E-state index contributed by atoms with van der Waals surface area (Å²) in [5, 5.41) is 0. The van der Waals surface area contributed by atoms with Crippen molar-refractivity contribution in [3.05, 3.63) is 56.5 Å². The molecule has 7 heteroatoms. The Kier molecular flexibility index (Phi) is 3.73. The first-order valence-corrected chi connectivity index (χ1v) is 7.22. The summed E-state index contributed by atoms with van der Waals surface area (Å²) in [7, 11) is 6.32. The van der Waals surface area contributed by atoms with Gasteiger partial charge in [-0.15, -0.1) is 0 Å². The van der Waals surface area contributed by atoms with Gasteiger partial charge in [-0.25, -0.2) is 9.78 Å². The van der Waals surface area contributed by atoms with Gasteiger partial charge < -0.3 is 9.30 Å². The van der Waals surface area contributed by atoms with Gasteiger partial charge in [0.05, 0.1) is 7.11 Å². The number of imidazole rings is 1. The lowest BCUT2D eigenvalue weighted by atomic mass is 10.2. The van der Waals surface area contributed by atoms with E-state index in [4.69, 9.17) is 4.74 Å². The van der Waals surface area contributed by atoms with Gasteiger partial charge in [0, 0.05) is 26.7 Å². The van der Waals surface area contributed by atoms with Crippen LogP contribution in [0.5, 0.6) is 5.75 Å². The van der Waals surface area contributed by atoms with Crippen LogP contribution in [0.2, 0.25) is 0 Å². The molecule has 0 fully saturated rings. The highest BCUT2D eigenvalue weighted by molar-refractivity contribution is 5.72. The third kappa shape index (κ3) is 2.38. The average molecular weight is 324 g/mol. The number of ether oxygens (including phenoxy) is 1. The minimum absolute atomic E-state index is 0.320. The second-order valence-corrected chi connectivity index (χ2v) is 5.35. The first-order chi connectivity index (χ1) is 11.4. The summed E-state index contributed by atoms with van der Waals surface area (Å²) in [5.74, 6) is 7.06. The maximum absolute atomic E-state index is 12.3. The highest BCUT2D eigenvalue weighted by Crippen LogP contribution is 2.12. The predicted octanol–water partition coefficient (Wildman–Crippen LogP) is 0.379. The van der Waals surface area contributed by atoms with Crippen molar-refractivity contribution >= 4 is 11.2 Å². The van der Waals surface area contributed by atoms with E-state index in [0.717, 1.165) is 10.1 Å². The Balaban J connectivity index is 2.19. The van der Waals surface area contributed by atoms with Crippen LogP contribution in [0.1, 0.15) is 11.4 Å². The number of fused-ring (bicyclic) bond motifs is 1. The molecule has 0 bridgehead atoms. The summed E-state index contributed by atoms with van der Waals surface area (Å²) in [6, 6.07) is 7.34. The molecule has 0 aliphatic heterocycles. The van der Waals surface area contributed by atoms with E-state index in [1.807, 2.05) is 24.3 Å². The standard InChI is InChI=1S/C17H16N4O3/c1-19-13(9-8-11-6-5-7-12(10-11)24-4)18-15-14(19)16(22)21(3)17(23)20(15)2/h5-7,10H,1-4H3. The van der Waals surface area contributed by atoms with Gasteiger partial charge in [0.2, 0.25) is 0 Å². The van der Waals surface area contributed by atoms with Crippen molar-refractivity contribution in [3.8, 4) is 17.6 Å². The van der Waals surface area contributed by atoms with E-state index < -0.39 is 11.2 Å². The van der Waals surface area contributed by atoms with Crippen LogP contribution in [-0.4, -0.2) is 25.8 Å². The van der Waals surface area contributed by atoms with E-state index in [1.54, 1.807) is 25.8 Å². The number of aromatic nitrogens is 4. The molecule has 1 aromatic carbocycles. The van der Waals surface area contributed by atoms with Crippen LogP contribution in [0.4, 0.5) is 0 Å². The van der Waals surface area contributed by atoms with Gasteiger partial charge in [-0.2, -0.15) is 0 Å². The third-order valence-corrected chi connectivity index (χ3v) is 3.86. The van der Waals surface area contributed by atoms with Gasteiger partial charge in [-0.1, -0.05) is 12.0 Å². The first kappa shape index (κ1) is 15.6. The Morgan fingerprint density at radius 3 is 2.50 bits per heavy atom. The zero-order chi connectivity index (χ0) is 17.4. The van der Waals surface area contributed by atoms with Gasteiger partial charge in [0.1, 0.15) is 5.75 Å². The molecule has 0 aliphatic carbocycles. The summed E-state index contributed by atoms with van der Waals surface area (Å²) in [4.78, 5) is 28.7. The lowest BCUT2D eigenvalue weighted by Crippen LogP contribution is -2.37. The number of nitrogens with zero attached hydrogens (tertiary/aromatic N) is 4. The normalized spacial score (nSPS) is 10.5. The Labute approximate surface area is 137 Å². The number of aryl methyl sites for hydroxylation is 2. The largest absolute Gasteiger partial charge is 0.497 e. The summed E-state index contributed by atoms with van der Waals surface area (Å²) in [6.07, 6.45) is 0. The maximum Gasteiger partial charge on any atom is 0.332 e. The SMILES string of the molecule is COc1cccc(C#Cc2nc3c(c(=O)n(C)c(=O)n3C)n2C)c1. The smallest absolute Gasteiger partial charge is 0.332 e. The number of hydrogen-bond donors (Lipinski definition) is 0. The highest BCUT2D eigenvalue weighted by atomic mass is 16.5. The third-order valence-electron chi connectivity index (χ3n) is 3.86. The molecule has 3 rings (SSSR count). The lowest BCUT2D eigenvalue weighted by Gasteiger charge is -2.02. The summed E-state index contributed by atoms with van der Waals surface area (Å²) < 4.78 is 9.17. The summed E-state index contributed by atoms with van der Waals surface area (Å²) in [5.41, 5.74) is 0.619. The quantitative estimate of drug-likeness (QED) is 0.607. The van der Waals surface area contributed by atoms with E-state index in [9.17, 15) is 9.59 Å². The Morgan fingerprint density at radius 2 is 1.79 bits per heavy atom. The second-order valence-electron chi connectivity index (χ2n) is 5.35. The monoisotopic (exact) mass is 324 g/mol. The number of hydrogen-bond acceptors (Lipinski definition) is 4. The van der Waals surface area contributed by atoms with E-state index in [2.05, 4.69) is 16.8 Å². The van der Waals surface area contributed by atoms with Crippen LogP contribution in [0.3, 0.4) is 0 Å². The number of rotatable bonds is 1. The first-order valence-electron chi connectivity index (χ1n) is 7.22. The second kappa shape index (κ2) is 5.74. The molecular weight excluding hydrogens is 308 g/mol. The molecule has 0 aliphatic rings. The molecular formula is C17H16N4O3. The Hall–Kier alpha value is -3.27. The molecule has 0 N–H and O–H groups in total. The van der Waals surface area contributed by atoms with Crippen molar-refractivity contribution < 1.29 is 4.74 Å². The van der Waals surface area contributed by atoms with Gasteiger partial charge >= 0.3 is 5.69 Å². The minimum atomic E-state index is -0.419. The molecule has 0 spiro atoms. The Bertz CT molecular complexity index is 1120. The number of benzene rings is 1. The molecule has 24 heavy (non-hydrogen) atoms. The van der Waals surface area contributed by atoms with Gasteiger partial charge in [-0.05, 0) is 24.1 Å². The van der Waals surface area contributed by atoms with Crippen molar-refractivity contribution in [2.24, 2.45) is 21.1 Å². The topological polar surface area (TPSA) is 71.1 Å². The van der Waals surface area contributed by atoms with E-state index in [0.29, 0.717) is 22.7 Å². The summed E-state index contributed by atoms with van der Waals surface area (Å²) in [6.45, 7) is 0. The molecule has 0 amide bonds. The molecule has 2 heterocycles. The number of methoxy groups -OCH3 is 1. The summed E-state index contributed by atoms with van der Waals surface area (Å²) >= 11 is 0. The zero-order valence-corrected chi connectivity index (χ0v) is 13.8.